The summed E-state index contributed by atoms with van der Waals surface area (Å²) in [5, 5.41) is 14.2. The van der Waals surface area contributed by atoms with Gasteiger partial charge in [-0.2, -0.15) is 0 Å². The Labute approximate surface area is 114 Å². The molecule has 20 heavy (non-hydrogen) atoms. The molecule has 1 N–H and O–H groups in total. The third-order valence-electron chi connectivity index (χ3n) is 3.13. The number of benzene rings is 2. The number of carbonyl (C=O) groups is 1. The number of hydrogen-bond donors (Lipinski definition) is 1. The minimum atomic E-state index is -0.526. The first kappa shape index (κ1) is 12.1. The molecule has 0 atom stereocenters. The summed E-state index contributed by atoms with van der Waals surface area (Å²) in [4.78, 5) is 23.1. The maximum atomic E-state index is 12.3. The van der Waals surface area contributed by atoms with Crippen LogP contribution in [-0.4, -0.2) is 10.7 Å². The molecule has 2 aromatic carbocycles. The topological polar surface area (TPSA) is 72.2 Å². The van der Waals surface area contributed by atoms with Gasteiger partial charge in [-0.15, -0.1) is 0 Å². The van der Waals surface area contributed by atoms with Gasteiger partial charge in [-0.05, 0) is 24.3 Å². The summed E-state index contributed by atoms with van der Waals surface area (Å²) in [7, 11) is 0. The van der Waals surface area contributed by atoms with Gasteiger partial charge in [-0.1, -0.05) is 30.3 Å². The number of nitrogens with zero attached hydrogens (tertiary/aromatic N) is 1. The highest BCUT2D eigenvalue weighted by Gasteiger charge is 2.33. The molecule has 0 saturated carbocycles. The van der Waals surface area contributed by atoms with Crippen LogP contribution in [0.1, 0.15) is 15.9 Å². The lowest BCUT2D eigenvalue weighted by atomic mass is 10.1. The Kier molecular flexibility index (Phi) is 2.80. The number of allylic oxidation sites excluding steroid dienone is 1. The molecule has 0 aliphatic carbocycles. The van der Waals surface area contributed by atoms with E-state index < -0.39 is 4.92 Å². The third-order valence-corrected chi connectivity index (χ3v) is 3.13. The van der Waals surface area contributed by atoms with Gasteiger partial charge < -0.3 is 5.32 Å². The predicted octanol–water partition coefficient (Wildman–Crippen LogP) is 2.94. The molecule has 0 radical (unpaired) electrons. The highest BCUT2D eigenvalue weighted by atomic mass is 16.6. The molecule has 0 spiro atoms. The van der Waals surface area contributed by atoms with E-state index in [2.05, 4.69) is 5.32 Å². The first-order valence-electron chi connectivity index (χ1n) is 6.03. The Balaban J connectivity index is 2.18. The number of Topliss-reactive ketones (excluding diaryl/α,β-unsaturated/α-hetero) is 1. The zero-order chi connectivity index (χ0) is 14.1. The van der Waals surface area contributed by atoms with Crippen LogP contribution in [0.2, 0.25) is 0 Å². The van der Waals surface area contributed by atoms with Crippen molar-refractivity contribution in [3.05, 3.63) is 81.5 Å². The first-order valence-corrected chi connectivity index (χ1v) is 6.03. The van der Waals surface area contributed by atoms with Gasteiger partial charge in [0.15, 0.2) is 5.70 Å². The van der Waals surface area contributed by atoms with E-state index in [-0.39, 0.29) is 17.2 Å². The second-order valence-corrected chi connectivity index (χ2v) is 4.35. The van der Waals surface area contributed by atoms with E-state index in [1.165, 1.54) is 0 Å². The van der Waals surface area contributed by atoms with E-state index in [9.17, 15) is 14.9 Å². The molecule has 98 valence electrons. The number of nitrogens with one attached hydrogen (secondary N) is 1. The third kappa shape index (κ3) is 1.85. The molecule has 0 unspecified atom stereocenters. The van der Waals surface area contributed by atoms with Crippen LogP contribution in [0.15, 0.2) is 60.3 Å². The molecule has 0 bridgehead atoms. The smallest absolute Gasteiger partial charge is 0.303 e. The van der Waals surface area contributed by atoms with Crippen LogP contribution in [0.25, 0.3) is 5.70 Å². The van der Waals surface area contributed by atoms with Gasteiger partial charge in [0.05, 0.1) is 16.2 Å². The SMILES string of the molecule is O=C1/C(=C(\c2ccccc2)[N+](=O)[O-])Nc2ccccc21. The molecule has 3 rings (SSSR count). The Hall–Kier alpha value is -2.95. The van der Waals surface area contributed by atoms with Crippen LogP contribution in [0.4, 0.5) is 5.69 Å². The van der Waals surface area contributed by atoms with Gasteiger partial charge in [0.2, 0.25) is 5.78 Å². The number of hydrogen-bond acceptors (Lipinski definition) is 4. The summed E-state index contributed by atoms with van der Waals surface area (Å²) in [6, 6.07) is 15.3. The number of fused-ring (bicyclic) bond motifs is 1. The van der Waals surface area contributed by atoms with Crippen LogP contribution < -0.4 is 5.32 Å². The standard InChI is InChI=1S/C15H10N2O3/c18-15-11-8-4-5-9-12(11)16-13(15)14(17(19)20)10-6-2-1-3-7-10/h1-9,16H/b14-13-. The molecule has 1 aliphatic heterocycles. The number of nitro groups is 1. The fourth-order valence-corrected chi connectivity index (χ4v) is 2.22. The van der Waals surface area contributed by atoms with Crippen molar-refractivity contribution in [2.24, 2.45) is 0 Å². The molecule has 0 amide bonds. The minimum absolute atomic E-state index is 0.0161. The largest absolute Gasteiger partial charge is 0.346 e. The van der Waals surface area contributed by atoms with Gasteiger partial charge in [0.1, 0.15) is 0 Å². The van der Waals surface area contributed by atoms with E-state index in [4.69, 9.17) is 0 Å². The van der Waals surface area contributed by atoms with Crippen molar-refractivity contribution in [1.29, 1.82) is 0 Å². The summed E-state index contributed by atoms with van der Waals surface area (Å²) in [6.45, 7) is 0. The van der Waals surface area contributed by atoms with Crippen molar-refractivity contribution in [2.45, 2.75) is 0 Å². The molecular formula is C15H10N2O3. The van der Waals surface area contributed by atoms with Crippen molar-refractivity contribution in [3.63, 3.8) is 0 Å². The lowest BCUT2D eigenvalue weighted by Crippen LogP contribution is -2.10. The maximum Gasteiger partial charge on any atom is 0.303 e. The number of carbonyl (C=O) groups excluding carboxylic acids is 1. The van der Waals surface area contributed by atoms with E-state index >= 15 is 0 Å². The van der Waals surface area contributed by atoms with Crippen molar-refractivity contribution in [1.82, 2.24) is 0 Å². The van der Waals surface area contributed by atoms with E-state index in [0.717, 1.165) is 0 Å². The summed E-state index contributed by atoms with van der Waals surface area (Å²) in [5.74, 6) is -0.351. The van der Waals surface area contributed by atoms with Crippen LogP contribution in [0.3, 0.4) is 0 Å². The summed E-state index contributed by atoms with van der Waals surface area (Å²) >= 11 is 0. The fourth-order valence-electron chi connectivity index (χ4n) is 2.22. The molecule has 1 heterocycles. The quantitative estimate of drug-likeness (QED) is 0.515. The molecule has 5 nitrogen and oxygen atoms in total. The minimum Gasteiger partial charge on any atom is -0.346 e. The molecule has 1 aliphatic rings. The highest BCUT2D eigenvalue weighted by molar-refractivity contribution is 6.21. The van der Waals surface area contributed by atoms with Crippen molar-refractivity contribution >= 4 is 17.2 Å². The van der Waals surface area contributed by atoms with Gasteiger partial charge in [-0.3, -0.25) is 14.9 Å². The Bertz CT molecular complexity index is 736. The lowest BCUT2D eigenvalue weighted by molar-refractivity contribution is -0.376. The first-order chi connectivity index (χ1) is 9.68. The van der Waals surface area contributed by atoms with E-state index in [1.807, 2.05) is 0 Å². The van der Waals surface area contributed by atoms with Gasteiger partial charge in [0, 0.05) is 5.56 Å². The number of para-hydroxylation sites is 1. The van der Waals surface area contributed by atoms with Crippen LogP contribution in [-0.2, 0) is 0 Å². The molecule has 0 saturated heterocycles. The zero-order valence-electron chi connectivity index (χ0n) is 10.4. The molecule has 2 aromatic rings. The molecule has 0 aromatic heterocycles. The predicted molar refractivity (Wildman–Crippen MR) is 74.8 cm³/mol. The highest BCUT2D eigenvalue weighted by Crippen LogP contribution is 2.32. The lowest BCUT2D eigenvalue weighted by Gasteiger charge is -2.02. The van der Waals surface area contributed by atoms with Crippen LogP contribution in [0.5, 0.6) is 0 Å². The monoisotopic (exact) mass is 266 g/mol. The zero-order valence-corrected chi connectivity index (χ0v) is 10.4. The Morgan fingerprint density at radius 3 is 2.30 bits per heavy atom. The number of rotatable bonds is 2. The van der Waals surface area contributed by atoms with E-state index in [1.54, 1.807) is 54.6 Å². The Morgan fingerprint density at radius 2 is 1.65 bits per heavy atom. The Morgan fingerprint density at radius 1 is 1.00 bits per heavy atom. The second-order valence-electron chi connectivity index (χ2n) is 4.35. The molecule has 5 heteroatoms. The van der Waals surface area contributed by atoms with Gasteiger partial charge in [0.25, 0.3) is 0 Å². The maximum absolute atomic E-state index is 12.3. The average molecular weight is 266 g/mol. The molecular weight excluding hydrogens is 256 g/mol. The van der Waals surface area contributed by atoms with Crippen molar-refractivity contribution in [2.75, 3.05) is 5.32 Å². The second kappa shape index (κ2) is 4.62. The van der Waals surface area contributed by atoms with E-state index in [0.29, 0.717) is 16.8 Å². The summed E-state index contributed by atoms with van der Waals surface area (Å²) < 4.78 is 0. The summed E-state index contributed by atoms with van der Waals surface area (Å²) in [5.41, 5.74) is 1.27. The van der Waals surface area contributed by atoms with Crippen LogP contribution >= 0.6 is 0 Å². The summed E-state index contributed by atoms with van der Waals surface area (Å²) in [6.07, 6.45) is 0. The van der Waals surface area contributed by atoms with Crippen LogP contribution in [0, 0.1) is 10.1 Å². The van der Waals surface area contributed by atoms with Gasteiger partial charge >= 0.3 is 5.70 Å². The number of ketones is 1. The van der Waals surface area contributed by atoms with Crippen molar-refractivity contribution in [3.8, 4) is 0 Å². The number of anilines is 1. The van der Waals surface area contributed by atoms with Crippen molar-refractivity contribution < 1.29 is 9.72 Å². The van der Waals surface area contributed by atoms with Gasteiger partial charge in [-0.25, -0.2) is 0 Å². The average Bonchev–Trinajstić information content (AvgIpc) is 2.78. The molecule has 0 fully saturated rings. The fraction of sp³-hybridized carbons (Fsp3) is 0. The normalized spacial score (nSPS) is 15.5.